The Kier molecular flexibility index (Phi) is 7.19. The van der Waals surface area contributed by atoms with Crippen LogP contribution in [0.25, 0.3) is 10.9 Å². The van der Waals surface area contributed by atoms with Crippen molar-refractivity contribution in [2.45, 2.75) is 13.8 Å². The number of rotatable bonds is 5. The minimum atomic E-state index is -0.970. The molecule has 3 aromatic carbocycles. The van der Waals surface area contributed by atoms with Crippen LogP contribution in [0, 0.1) is 13.8 Å². The highest BCUT2D eigenvalue weighted by molar-refractivity contribution is 6.43. The number of hydrogen-bond donors (Lipinski definition) is 3. The van der Waals surface area contributed by atoms with Crippen LogP contribution in [0.15, 0.2) is 60.7 Å². The van der Waals surface area contributed by atoms with Gasteiger partial charge in [0.1, 0.15) is 17.0 Å². The van der Waals surface area contributed by atoms with Crippen LogP contribution in [-0.2, 0) is 9.59 Å². The summed E-state index contributed by atoms with van der Waals surface area (Å²) in [4.78, 5) is 38.9. The maximum atomic E-state index is 13.2. The van der Waals surface area contributed by atoms with Gasteiger partial charge in [-0.25, -0.2) is 4.68 Å². The van der Waals surface area contributed by atoms with Gasteiger partial charge in [-0.2, -0.15) is 0 Å². The smallest absolute Gasteiger partial charge is 0.328 e. The molecule has 10 heteroatoms. The van der Waals surface area contributed by atoms with Crippen LogP contribution in [0.4, 0.5) is 11.4 Å². The molecule has 0 saturated carbocycles. The van der Waals surface area contributed by atoms with Crippen molar-refractivity contribution in [2.75, 3.05) is 23.2 Å². The minimum absolute atomic E-state index is 0.0634. The van der Waals surface area contributed by atoms with E-state index in [-0.39, 0.29) is 10.7 Å². The van der Waals surface area contributed by atoms with E-state index in [1.807, 2.05) is 26.0 Å². The van der Waals surface area contributed by atoms with Crippen LogP contribution < -0.4 is 20.8 Å². The summed E-state index contributed by atoms with van der Waals surface area (Å²) in [7, 11) is 1.47. The first-order chi connectivity index (χ1) is 17.2. The molecule has 1 heterocycles. The number of benzene rings is 3. The summed E-state index contributed by atoms with van der Waals surface area (Å²) in [6.07, 6.45) is 0. The van der Waals surface area contributed by atoms with Crippen LogP contribution >= 0.6 is 23.2 Å². The zero-order valence-electron chi connectivity index (χ0n) is 19.6. The lowest BCUT2D eigenvalue weighted by molar-refractivity contribution is -0.133. The Labute approximate surface area is 217 Å². The quantitative estimate of drug-likeness (QED) is 0.298. The molecule has 3 amide bonds. The molecule has 0 unspecified atom stereocenters. The number of ether oxygens (including phenoxy) is 1. The molecule has 0 bridgehead atoms. The van der Waals surface area contributed by atoms with Crippen LogP contribution in [0.1, 0.15) is 21.6 Å². The average Bonchev–Trinajstić information content (AvgIpc) is 3.22. The largest absolute Gasteiger partial charge is 0.494 e. The molecule has 8 nitrogen and oxygen atoms in total. The number of nitrogens with zero attached hydrogens (tertiary/aromatic N) is 1. The molecule has 4 rings (SSSR count). The van der Waals surface area contributed by atoms with Crippen molar-refractivity contribution >= 4 is 63.2 Å². The number of para-hydroxylation sites is 1. The highest BCUT2D eigenvalue weighted by atomic mass is 35.5. The number of methoxy groups -OCH3 is 1. The lowest BCUT2D eigenvalue weighted by Crippen LogP contribution is -2.36. The van der Waals surface area contributed by atoms with Crippen LogP contribution in [-0.4, -0.2) is 29.5 Å². The van der Waals surface area contributed by atoms with E-state index in [2.05, 4.69) is 16.1 Å². The number of carbonyl (C=O) groups is 3. The number of nitrogens with one attached hydrogen (secondary N) is 3. The molecule has 4 aromatic rings. The maximum Gasteiger partial charge on any atom is 0.328 e. The number of aromatic nitrogens is 1. The summed E-state index contributed by atoms with van der Waals surface area (Å²) in [5.74, 6) is -2.02. The number of anilines is 2. The maximum absolute atomic E-state index is 13.2. The van der Waals surface area contributed by atoms with E-state index in [0.717, 1.165) is 11.1 Å². The highest BCUT2D eigenvalue weighted by Crippen LogP contribution is 2.29. The van der Waals surface area contributed by atoms with Crippen LogP contribution in [0.5, 0.6) is 5.75 Å². The van der Waals surface area contributed by atoms with Crippen molar-refractivity contribution in [1.29, 1.82) is 0 Å². The van der Waals surface area contributed by atoms with E-state index in [9.17, 15) is 14.4 Å². The van der Waals surface area contributed by atoms with Gasteiger partial charge in [0.2, 0.25) is 0 Å². The molecular formula is C26H22Cl2N4O4. The van der Waals surface area contributed by atoms with Gasteiger partial charge in [0.05, 0.1) is 17.2 Å². The summed E-state index contributed by atoms with van der Waals surface area (Å²) in [6.45, 7) is 3.70. The molecule has 184 valence electrons. The molecule has 0 fully saturated rings. The summed E-state index contributed by atoms with van der Waals surface area (Å²) in [5, 5.41) is 6.57. The van der Waals surface area contributed by atoms with Crippen LogP contribution in [0.2, 0.25) is 10.0 Å². The summed E-state index contributed by atoms with van der Waals surface area (Å²) >= 11 is 12.0. The molecule has 0 atom stereocenters. The lowest BCUT2D eigenvalue weighted by atomic mass is 10.1. The fourth-order valence-electron chi connectivity index (χ4n) is 3.65. The predicted octanol–water partition coefficient (Wildman–Crippen LogP) is 5.53. The van der Waals surface area contributed by atoms with Crippen molar-refractivity contribution in [3.8, 4) is 5.75 Å². The van der Waals surface area contributed by atoms with Crippen molar-refractivity contribution in [2.24, 2.45) is 0 Å². The van der Waals surface area contributed by atoms with Crippen molar-refractivity contribution in [1.82, 2.24) is 4.68 Å². The van der Waals surface area contributed by atoms with Gasteiger partial charge in [-0.15, -0.1) is 0 Å². The zero-order valence-corrected chi connectivity index (χ0v) is 21.1. The Morgan fingerprint density at radius 2 is 1.64 bits per heavy atom. The number of carbonyl (C=O) groups excluding carboxylic acids is 3. The third-order valence-corrected chi connectivity index (χ3v) is 6.22. The number of amides is 3. The fourth-order valence-corrected chi connectivity index (χ4v) is 3.94. The SMILES string of the molecule is COc1cccc2cc(C(=O)Nc3ccc(Cl)c(Cl)c3)n(NC(=O)C(=O)Nc3cc(C)ccc3C)c12. The molecule has 36 heavy (non-hydrogen) atoms. The number of hydrogen-bond acceptors (Lipinski definition) is 4. The van der Waals surface area contributed by atoms with E-state index in [0.29, 0.717) is 33.0 Å². The first-order valence-electron chi connectivity index (χ1n) is 10.8. The van der Waals surface area contributed by atoms with E-state index in [1.54, 1.807) is 42.5 Å². The van der Waals surface area contributed by atoms with Gasteiger partial charge < -0.3 is 15.4 Å². The Bertz CT molecular complexity index is 1510. The monoisotopic (exact) mass is 524 g/mol. The molecule has 0 aliphatic carbocycles. The second-order valence-corrected chi connectivity index (χ2v) is 8.87. The molecule has 0 saturated heterocycles. The van der Waals surface area contributed by atoms with E-state index >= 15 is 0 Å². The van der Waals surface area contributed by atoms with Crippen LogP contribution in [0.3, 0.4) is 0 Å². The van der Waals surface area contributed by atoms with Gasteiger partial charge in [-0.3, -0.25) is 19.8 Å². The molecule has 0 aliphatic rings. The third-order valence-electron chi connectivity index (χ3n) is 5.48. The molecule has 0 aliphatic heterocycles. The van der Waals surface area contributed by atoms with E-state index in [1.165, 1.54) is 17.9 Å². The minimum Gasteiger partial charge on any atom is -0.494 e. The molecular weight excluding hydrogens is 503 g/mol. The van der Waals surface area contributed by atoms with Gasteiger partial charge in [0.25, 0.3) is 5.91 Å². The highest BCUT2D eigenvalue weighted by Gasteiger charge is 2.23. The molecule has 1 aromatic heterocycles. The van der Waals surface area contributed by atoms with Gasteiger partial charge >= 0.3 is 11.8 Å². The second-order valence-electron chi connectivity index (χ2n) is 8.06. The van der Waals surface area contributed by atoms with Gasteiger partial charge in [0.15, 0.2) is 0 Å². The Hall–Kier alpha value is -4.01. The average molecular weight is 525 g/mol. The Morgan fingerprint density at radius 3 is 2.36 bits per heavy atom. The fraction of sp³-hybridized carbons (Fsp3) is 0.115. The van der Waals surface area contributed by atoms with Gasteiger partial charge in [-0.1, -0.05) is 47.5 Å². The van der Waals surface area contributed by atoms with E-state index < -0.39 is 17.7 Å². The number of fused-ring (bicyclic) bond motifs is 1. The van der Waals surface area contributed by atoms with Gasteiger partial charge in [-0.05, 0) is 61.4 Å². The molecule has 0 spiro atoms. The van der Waals surface area contributed by atoms with Gasteiger partial charge in [0, 0.05) is 16.8 Å². The lowest BCUT2D eigenvalue weighted by Gasteiger charge is -2.15. The first-order valence-corrected chi connectivity index (χ1v) is 11.6. The number of halogens is 2. The van der Waals surface area contributed by atoms with Crippen molar-refractivity contribution in [3.63, 3.8) is 0 Å². The zero-order chi connectivity index (χ0) is 26.0. The van der Waals surface area contributed by atoms with Crippen molar-refractivity contribution in [3.05, 3.63) is 87.5 Å². The normalized spacial score (nSPS) is 10.7. The Morgan fingerprint density at radius 1 is 0.861 bits per heavy atom. The molecule has 3 N–H and O–H groups in total. The topological polar surface area (TPSA) is 101 Å². The summed E-state index contributed by atoms with van der Waals surface area (Å²) in [5.41, 5.74) is 5.65. The number of aryl methyl sites for hydroxylation is 2. The van der Waals surface area contributed by atoms with E-state index in [4.69, 9.17) is 27.9 Å². The standard InChI is InChI=1S/C26H22Cl2N4O4/c1-14-7-8-15(2)20(11-14)30-25(34)26(35)31-32-21(12-16-5-4-6-22(36-3)23(16)32)24(33)29-17-9-10-18(27)19(28)13-17/h4-13H,1-3H3,(H,29,33)(H,30,34)(H,31,35). The molecule has 0 radical (unpaired) electrons. The second kappa shape index (κ2) is 10.3. The summed E-state index contributed by atoms with van der Waals surface area (Å²) in [6, 6.07) is 16.9. The Balaban J connectivity index is 1.68. The van der Waals surface area contributed by atoms with Crippen molar-refractivity contribution < 1.29 is 19.1 Å². The first kappa shape index (κ1) is 25.1. The predicted molar refractivity (Wildman–Crippen MR) is 142 cm³/mol. The third kappa shape index (κ3) is 5.15. The summed E-state index contributed by atoms with van der Waals surface area (Å²) < 4.78 is 6.67.